The number of hydrogen-bond acceptors (Lipinski definition) is 1. The monoisotopic (exact) mass is 212 g/mol. The van der Waals surface area contributed by atoms with E-state index in [-0.39, 0.29) is 0 Å². The number of rotatable bonds is 1. The van der Waals surface area contributed by atoms with Gasteiger partial charge in [-0.15, -0.1) is 0 Å². The molecule has 14 heavy (non-hydrogen) atoms. The molecular formula is C12H22NS+. The van der Waals surface area contributed by atoms with Crippen LogP contribution in [0.3, 0.4) is 0 Å². The highest BCUT2D eigenvalue weighted by Crippen LogP contribution is 2.64. The van der Waals surface area contributed by atoms with E-state index in [1.165, 1.54) is 38.5 Å². The molecule has 0 amide bonds. The van der Waals surface area contributed by atoms with E-state index in [0.717, 1.165) is 11.8 Å². The Balaban J connectivity index is 1.96. The molecular weight excluding hydrogens is 190 g/mol. The first-order chi connectivity index (χ1) is 6.51. The normalized spacial score (nSPS) is 57.6. The first-order valence-electron chi connectivity index (χ1n) is 6.07. The van der Waals surface area contributed by atoms with Gasteiger partial charge in [0.2, 0.25) is 0 Å². The average Bonchev–Trinajstić information content (AvgIpc) is 1.98. The van der Waals surface area contributed by atoms with Crippen molar-refractivity contribution >= 4 is 12.6 Å². The predicted octanol–water partition coefficient (Wildman–Crippen LogP) is 1.89. The molecule has 4 saturated carbocycles. The van der Waals surface area contributed by atoms with E-state index in [2.05, 4.69) is 12.7 Å². The summed E-state index contributed by atoms with van der Waals surface area (Å²) in [6.45, 7) is 2.32. The summed E-state index contributed by atoms with van der Waals surface area (Å²) in [5, 5.41) is 0. The number of quaternary nitrogens is 1. The van der Waals surface area contributed by atoms with Crippen LogP contribution in [-0.4, -0.2) is 10.8 Å². The molecule has 4 aliphatic carbocycles. The Morgan fingerprint density at radius 1 is 1.21 bits per heavy atom. The van der Waals surface area contributed by atoms with Gasteiger partial charge in [0.1, 0.15) is 0 Å². The average molecular weight is 212 g/mol. The maximum Gasteiger partial charge on any atom is 0.0872 e. The Labute approximate surface area is 92.2 Å². The largest absolute Gasteiger partial charge is 0.355 e. The van der Waals surface area contributed by atoms with Crippen LogP contribution in [0.25, 0.3) is 0 Å². The van der Waals surface area contributed by atoms with Crippen LogP contribution in [0.5, 0.6) is 0 Å². The van der Waals surface area contributed by atoms with Crippen molar-refractivity contribution in [2.45, 2.75) is 56.2 Å². The number of hydrogen-bond donors (Lipinski definition) is 2. The van der Waals surface area contributed by atoms with Gasteiger partial charge < -0.3 is 5.73 Å². The van der Waals surface area contributed by atoms with Crippen LogP contribution in [0.15, 0.2) is 0 Å². The fourth-order valence-corrected chi connectivity index (χ4v) is 5.69. The van der Waals surface area contributed by atoms with Crippen LogP contribution in [0.1, 0.15) is 45.4 Å². The Kier molecular flexibility index (Phi) is 1.84. The number of thiol groups is 1. The molecule has 80 valence electrons. The Hall–Kier alpha value is 0.310. The van der Waals surface area contributed by atoms with E-state index in [1.54, 1.807) is 0 Å². The topological polar surface area (TPSA) is 27.6 Å². The highest BCUT2D eigenvalue weighted by atomic mass is 32.1. The molecule has 0 aromatic rings. The van der Waals surface area contributed by atoms with Gasteiger partial charge in [-0.1, -0.05) is 0 Å². The SMILES string of the molecule is C[C@@H]([NH3+])C12C[C@@H]3C[C@@H](CC(S)(C3)C1)C2. The van der Waals surface area contributed by atoms with Gasteiger partial charge in [-0.25, -0.2) is 0 Å². The maximum absolute atomic E-state index is 4.97. The van der Waals surface area contributed by atoms with E-state index in [1.807, 2.05) is 0 Å². The van der Waals surface area contributed by atoms with Gasteiger partial charge in [0.05, 0.1) is 6.04 Å². The van der Waals surface area contributed by atoms with Crippen molar-refractivity contribution in [2.24, 2.45) is 17.3 Å². The molecule has 4 bridgehead atoms. The van der Waals surface area contributed by atoms with E-state index in [0.29, 0.717) is 16.2 Å². The van der Waals surface area contributed by atoms with Crippen LogP contribution in [0.4, 0.5) is 0 Å². The van der Waals surface area contributed by atoms with E-state index >= 15 is 0 Å². The molecule has 4 aliphatic rings. The molecule has 0 aliphatic heterocycles. The van der Waals surface area contributed by atoms with E-state index in [9.17, 15) is 0 Å². The first kappa shape index (κ1) is 9.53. The highest BCUT2D eigenvalue weighted by Gasteiger charge is 2.58. The van der Waals surface area contributed by atoms with Crippen LogP contribution in [0, 0.1) is 17.3 Å². The molecule has 2 unspecified atom stereocenters. The molecule has 4 rings (SSSR count). The molecule has 4 fully saturated rings. The molecule has 5 atom stereocenters. The minimum absolute atomic E-state index is 0.399. The lowest BCUT2D eigenvalue weighted by molar-refractivity contribution is -0.451. The first-order valence-corrected chi connectivity index (χ1v) is 6.52. The summed E-state index contributed by atoms with van der Waals surface area (Å²) in [5.74, 6) is 1.97. The lowest BCUT2D eigenvalue weighted by atomic mass is 9.47. The van der Waals surface area contributed by atoms with Gasteiger partial charge in [-0.3, -0.25) is 0 Å². The molecule has 2 heteroatoms. The van der Waals surface area contributed by atoms with Gasteiger partial charge in [-0.2, -0.15) is 12.6 Å². The van der Waals surface area contributed by atoms with Crippen molar-refractivity contribution in [3.8, 4) is 0 Å². The molecule has 0 aromatic heterocycles. The van der Waals surface area contributed by atoms with Crippen molar-refractivity contribution in [3.63, 3.8) is 0 Å². The zero-order valence-electron chi connectivity index (χ0n) is 9.13. The highest BCUT2D eigenvalue weighted by molar-refractivity contribution is 7.81. The summed E-state index contributed by atoms with van der Waals surface area (Å²) in [4.78, 5) is 0. The van der Waals surface area contributed by atoms with Crippen LogP contribution >= 0.6 is 12.6 Å². The summed E-state index contributed by atoms with van der Waals surface area (Å²) < 4.78 is 0.399. The second-order valence-electron chi connectivity index (χ2n) is 6.45. The van der Waals surface area contributed by atoms with Crippen LogP contribution in [-0.2, 0) is 0 Å². The fourth-order valence-electron chi connectivity index (χ4n) is 4.86. The molecule has 0 aromatic carbocycles. The smallest absolute Gasteiger partial charge is 0.0872 e. The molecule has 3 N–H and O–H groups in total. The van der Waals surface area contributed by atoms with Crippen molar-refractivity contribution in [3.05, 3.63) is 0 Å². The van der Waals surface area contributed by atoms with Gasteiger partial charge in [0.15, 0.2) is 0 Å². The minimum Gasteiger partial charge on any atom is -0.355 e. The maximum atomic E-state index is 4.97. The van der Waals surface area contributed by atoms with Crippen LogP contribution in [0.2, 0.25) is 0 Å². The summed E-state index contributed by atoms with van der Waals surface area (Å²) in [6.07, 6.45) is 8.53. The molecule has 0 saturated heterocycles. The summed E-state index contributed by atoms with van der Waals surface area (Å²) in [6, 6.07) is 0.625. The third kappa shape index (κ3) is 1.19. The lowest BCUT2D eigenvalue weighted by Crippen LogP contribution is -2.71. The zero-order chi connectivity index (χ0) is 9.97. The standard InChI is InChI=1S/C12H21NS/c1-8(13)11-3-9-2-10(4-11)6-12(14,5-9)7-11/h8-10,14H,2-7,13H2,1H3/p+1/t8-,9-,10+,11?,12?/m1/s1. The van der Waals surface area contributed by atoms with Crippen molar-refractivity contribution in [1.82, 2.24) is 0 Å². The molecule has 0 heterocycles. The Morgan fingerprint density at radius 3 is 2.21 bits per heavy atom. The predicted molar refractivity (Wildman–Crippen MR) is 61.2 cm³/mol. The molecule has 0 radical (unpaired) electrons. The van der Waals surface area contributed by atoms with Crippen molar-refractivity contribution < 1.29 is 5.73 Å². The van der Waals surface area contributed by atoms with Gasteiger partial charge in [0.25, 0.3) is 0 Å². The second-order valence-corrected chi connectivity index (χ2v) is 7.40. The van der Waals surface area contributed by atoms with Crippen LogP contribution < -0.4 is 5.73 Å². The Morgan fingerprint density at radius 2 is 1.79 bits per heavy atom. The molecule has 0 spiro atoms. The summed E-state index contributed by atoms with van der Waals surface area (Å²) >= 11 is 4.97. The Bertz CT molecular complexity index is 247. The summed E-state index contributed by atoms with van der Waals surface area (Å²) in [5.41, 5.74) is 4.90. The zero-order valence-corrected chi connectivity index (χ0v) is 10.0. The lowest BCUT2D eigenvalue weighted by Gasteiger charge is -2.61. The molecule has 1 nitrogen and oxygen atoms in total. The minimum atomic E-state index is 0.399. The van der Waals surface area contributed by atoms with Gasteiger partial charge in [0, 0.05) is 10.2 Å². The van der Waals surface area contributed by atoms with E-state index in [4.69, 9.17) is 12.6 Å². The fraction of sp³-hybridized carbons (Fsp3) is 1.00. The van der Waals surface area contributed by atoms with Gasteiger partial charge in [-0.05, 0) is 57.3 Å². The van der Waals surface area contributed by atoms with Crippen molar-refractivity contribution in [2.75, 3.05) is 0 Å². The third-order valence-corrected chi connectivity index (χ3v) is 5.64. The quantitative estimate of drug-likeness (QED) is 0.621. The summed E-state index contributed by atoms with van der Waals surface area (Å²) in [7, 11) is 0. The second kappa shape index (κ2) is 2.70. The van der Waals surface area contributed by atoms with Gasteiger partial charge >= 0.3 is 0 Å². The third-order valence-electron chi connectivity index (χ3n) is 5.12. The van der Waals surface area contributed by atoms with Crippen molar-refractivity contribution in [1.29, 1.82) is 0 Å². The van der Waals surface area contributed by atoms with E-state index < -0.39 is 0 Å².